The fourth-order valence-corrected chi connectivity index (χ4v) is 3.26. The second kappa shape index (κ2) is 3.04. The fourth-order valence-electron chi connectivity index (χ4n) is 1.48. The molecule has 1 heterocycles. The van der Waals surface area contributed by atoms with Gasteiger partial charge in [-0.05, 0) is 33.8 Å². The van der Waals surface area contributed by atoms with Gasteiger partial charge in [-0.1, -0.05) is 6.92 Å². The molecular weight excluding hydrogens is 253 g/mol. The standard InChI is InChI=1S/C9H11BrFNS/c1-9(4-6(9)11)8(12)7-5(10)2-3-13-7/h2-3,6,8H,4,12H2,1H3. The lowest BCUT2D eigenvalue weighted by Crippen LogP contribution is -2.21. The maximum Gasteiger partial charge on any atom is 0.108 e. The molecule has 0 bridgehead atoms. The predicted octanol–water partition coefficient (Wildman–Crippen LogP) is 3.26. The van der Waals surface area contributed by atoms with E-state index >= 15 is 0 Å². The van der Waals surface area contributed by atoms with Gasteiger partial charge in [0.05, 0.1) is 0 Å². The quantitative estimate of drug-likeness (QED) is 0.871. The van der Waals surface area contributed by atoms with Crippen molar-refractivity contribution in [3.05, 3.63) is 20.8 Å². The first-order valence-corrected chi connectivity index (χ1v) is 5.85. The summed E-state index contributed by atoms with van der Waals surface area (Å²) < 4.78 is 14.0. The van der Waals surface area contributed by atoms with Gasteiger partial charge in [0.15, 0.2) is 0 Å². The third-order valence-electron chi connectivity index (χ3n) is 2.81. The predicted molar refractivity (Wildman–Crippen MR) is 56.6 cm³/mol. The zero-order valence-electron chi connectivity index (χ0n) is 7.26. The van der Waals surface area contributed by atoms with E-state index in [0.717, 1.165) is 9.35 Å². The van der Waals surface area contributed by atoms with E-state index in [9.17, 15) is 4.39 Å². The third kappa shape index (κ3) is 1.45. The van der Waals surface area contributed by atoms with Gasteiger partial charge in [-0.2, -0.15) is 0 Å². The van der Waals surface area contributed by atoms with Gasteiger partial charge in [0.25, 0.3) is 0 Å². The van der Waals surface area contributed by atoms with Crippen molar-refractivity contribution in [3.8, 4) is 0 Å². The van der Waals surface area contributed by atoms with Crippen molar-refractivity contribution >= 4 is 27.3 Å². The highest BCUT2D eigenvalue weighted by Crippen LogP contribution is 2.57. The van der Waals surface area contributed by atoms with E-state index in [1.54, 1.807) is 11.3 Å². The molecule has 2 N–H and O–H groups in total. The molecule has 1 nitrogen and oxygen atoms in total. The normalized spacial score (nSPS) is 34.6. The Labute approximate surface area is 89.3 Å². The minimum Gasteiger partial charge on any atom is -0.323 e. The minimum absolute atomic E-state index is 0.170. The molecule has 0 saturated heterocycles. The Hall–Kier alpha value is 0.0700. The number of nitrogens with two attached hydrogens (primary N) is 1. The van der Waals surface area contributed by atoms with Crippen molar-refractivity contribution in [3.63, 3.8) is 0 Å². The first-order chi connectivity index (χ1) is 6.05. The second-order valence-corrected chi connectivity index (χ2v) is 5.59. The molecule has 13 heavy (non-hydrogen) atoms. The summed E-state index contributed by atoms with van der Waals surface area (Å²) in [6, 6.07) is 1.79. The molecule has 1 aliphatic carbocycles. The van der Waals surface area contributed by atoms with Crippen LogP contribution in [0.5, 0.6) is 0 Å². The summed E-state index contributed by atoms with van der Waals surface area (Å²) in [6.45, 7) is 1.91. The lowest BCUT2D eigenvalue weighted by Gasteiger charge is -2.17. The zero-order valence-corrected chi connectivity index (χ0v) is 9.66. The van der Waals surface area contributed by atoms with Crippen LogP contribution in [0.1, 0.15) is 24.3 Å². The largest absolute Gasteiger partial charge is 0.323 e. The Morgan fingerprint density at radius 3 is 2.85 bits per heavy atom. The molecule has 1 aromatic heterocycles. The average molecular weight is 264 g/mol. The molecule has 1 fully saturated rings. The summed E-state index contributed by atoms with van der Waals surface area (Å²) in [4.78, 5) is 1.06. The topological polar surface area (TPSA) is 26.0 Å². The Kier molecular flexibility index (Phi) is 2.25. The van der Waals surface area contributed by atoms with Gasteiger partial charge in [0.1, 0.15) is 6.17 Å². The van der Waals surface area contributed by atoms with Crippen molar-refractivity contribution in [2.45, 2.75) is 25.6 Å². The summed E-state index contributed by atoms with van der Waals surface area (Å²) in [7, 11) is 0. The number of halogens is 2. The first kappa shape index (κ1) is 9.62. The molecule has 3 unspecified atom stereocenters. The number of hydrogen-bond acceptors (Lipinski definition) is 2. The Balaban J connectivity index is 2.24. The van der Waals surface area contributed by atoms with Crippen LogP contribution in [0.2, 0.25) is 0 Å². The van der Waals surface area contributed by atoms with Crippen molar-refractivity contribution in [2.24, 2.45) is 11.1 Å². The summed E-state index contributed by atoms with van der Waals surface area (Å²) >= 11 is 5.00. The summed E-state index contributed by atoms with van der Waals surface area (Å²) in [5.41, 5.74) is 5.68. The van der Waals surface area contributed by atoms with Gasteiger partial charge in [-0.3, -0.25) is 0 Å². The van der Waals surface area contributed by atoms with Crippen molar-refractivity contribution < 1.29 is 4.39 Å². The van der Waals surface area contributed by atoms with Crippen LogP contribution < -0.4 is 5.73 Å². The van der Waals surface area contributed by atoms with E-state index in [4.69, 9.17) is 5.73 Å². The van der Waals surface area contributed by atoms with Crippen LogP contribution in [0.25, 0.3) is 0 Å². The molecule has 0 radical (unpaired) electrons. The molecule has 0 aliphatic heterocycles. The van der Waals surface area contributed by atoms with Crippen molar-refractivity contribution in [1.29, 1.82) is 0 Å². The highest BCUT2D eigenvalue weighted by molar-refractivity contribution is 9.10. The Morgan fingerprint density at radius 2 is 2.46 bits per heavy atom. The van der Waals surface area contributed by atoms with Crippen LogP contribution in [0.4, 0.5) is 4.39 Å². The first-order valence-electron chi connectivity index (χ1n) is 4.18. The van der Waals surface area contributed by atoms with E-state index in [-0.39, 0.29) is 11.5 Å². The summed E-state index contributed by atoms with van der Waals surface area (Å²) in [5, 5.41) is 1.97. The molecule has 72 valence electrons. The lowest BCUT2D eigenvalue weighted by molar-refractivity contribution is 0.334. The number of thiophene rings is 1. The Morgan fingerprint density at radius 1 is 1.85 bits per heavy atom. The SMILES string of the molecule is CC1(C(N)c2sccc2Br)CC1F. The minimum atomic E-state index is -0.725. The Bertz CT molecular complexity index is 327. The molecule has 0 spiro atoms. The van der Waals surface area contributed by atoms with Gasteiger partial charge >= 0.3 is 0 Å². The molecular formula is C9H11BrFNS. The summed E-state index contributed by atoms with van der Waals surface area (Å²) in [6.07, 6.45) is -0.130. The van der Waals surface area contributed by atoms with Gasteiger partial charge in [-0.25, -0.2) is 4.39 Å². The van der Waals surface area contributed by atoms with Crippen LogP contribution in [-0.4, -0.2) is 6.17 Å². The fraction of sp³-hybridized carbons (Fsp3) is 0.556. The molecule has 0 aromatic carbocycles. The van der Waals surface area contributed by atoms with E-state index in [0.29, 0.717) is 6.42 Å². The second-order valence-electron chi connectivity index (χ2n) is 3.79. The molecule has 0 amide bonds. The molecule has 2 rings (SSSR count). The molecule has 4 heteroatoms. The summed E-state index contributed by atoms with van der Waals surface area (Å²) in [5.74, 6) is 0. The average Bonchev–Trinajstić information content (AvgIpc) is 2.52. The zero-order chi connectivity index (χ0) is 9.64. The third-order valence-corrected chi connectivity index (χ3v) is 4.77. The van der Waals surface area contributed by atoms with E-state index in [1.165, 1.54) is 0 Å². The highest BCUT2D eigenvalue weighted by atomic mass is 79.9. The van der Waals surface area contributed by atoms with Crippen LogP contribution in [0, 0.1) is 5.41 Å². The smallest absolute Gasteiger partial charge is 0.108 e. The maximum absolute atomic E-state index is 13.0. The van der Waals surface area contributed by atoms with Gasteiger partial charge in [0.2, 0.25) is 0 Å². The van der Waals surface area contributed by atoms with Crippen molar-refractivity contribution in [2.75, 3.05) is 0 Å². The number of hydrogen-bond donors (Lipinski definition) is 1. The number of rotatable bonds is 2. The maximum atomic E-state index is 13.0. The molecule has 1 aromatic rings. The van der Waals surface area contributed by atoms with Gasteiger partial charge < -0.3 is 5.73 Å². The van der Waals surface area contributed by atoms with Crippen LogP contribution in [0.15, 0.2) is 15.9 Å². The van der Waals surface area contributed by atoms with Crippen LogP contribution in [-0.2, 0) is 0 Å². The number of alkyl halides is 1. The van der Waals surface area contributed by atoms with Gasteiger partial charge in [-0.15, -0.1) is 11.3 Å². The molecule has 3 atom stereocenters. The van der Waals surface area contributed by atoms with E-state index in [1.807, 2.05) is 18.4 Å². The van der Waals surface area contributed by atoms with Crippen LogP contribution >= 0.6 is 27.3 Å². The van der Waals surface area contributed by atoms with E-state index in [2.05, 4.69) is 15.9 Å². The van der Waals surface area contributed by atoms with Crippen LogP contribution in [0.3, 0.4) is 0 Å². The highest BCUT2D eigenvalue weighted by Gasteiger charge is 2.56. The monoisotopic (exact) mass is 263 g/mol. The lowest BCUT2D eigenvalue weighted by atomic mass is 9.98. The van der Waals surface area contributed by atoms with Gasteiger partial charge in [0, 0.05) is 20.8 Å². The molecule has 1 saturated carbocycles. The van der Waals surface area contributed by atoms with Crippen molar-refractivity contribution in [1.82, 2.24) is 0 Å². The molecule has 1 aliphatic rings. The van der Waals surface area contributed by atoms with E-state index < -0.39 is 6.17 Å².